The summed E-state index contributed by atoms with van der Waals surface area (Å²) in [4.78, 5) is 36.4. The third kappa shape index (κ3) is 3.09. The largest absolute Gasteiger partial charge is 0.480 e. The molecule has 7 nitrogen and oxygen atoms in total. The van der Waals surface area contributed by atoms with Crippen LogP contribution in [0.4, 0.5) is 0 Å². The molecular weight excluding hydrogens is 346 g/mol. The lowest BCUT2D eigenvalue weighted by atomic mass is 9.86. The Morgan fingerprint density at radius 1 is 1.04 bits per heavy atom. The van der Waals surface area contributed by atoms with Crippen LogP contribution in [0.15, 0.2) is 40.1 Å². The molecule has 0 aliphatic rings. The average molecular weight is 369 g/mol. The Balaban J connectivity index is 2.38. The molecule has 27 heavy (non-hydrogen) atoms. The number of aromatic nitrogens is 3. The van der Waals surface area contributed by atoms with Gasteiger partial charge in [0.2, 0.25) is 0 Å². The van der Waals surface area contributed by atoms with Crippen LogP contribution in [0.3, 0.4) is 0 Å². The summed E-state index contributed by atoms with van der Waals surface area (Å²) in [6.45, 7) is 6.02. The highest BCUT2D eigenvalue weighted by Crippen LogP contribution is 2.30. The molecule has 0 saturated carbocycles. The molecule has 1 aromatic carbocycles. The summed E-state index contributed by atoms with van der Waals surface area (Å²) in [6, 6.07) is 7.73. The quantitative estimate of drug-likeness (QED) is 0.766. The molecule has 3 aromatic rings. The van der Waals surface area contributed by atoms with Gasteiger partial charge in [0.05, 0.1) is 16.6 Å². The second-order valence-electron chi connectivity index (χ2n) is 7.79. The lowest BCUT2D eigenvalue weighted by molar-refractivity contribution is -0.137. The van der Waals surface area contributed by atoms with Gasteiger partial charge in [-0.2, -0.15) is 0 Å². The number of fused-ring (bicyclic) bond motifs is 1. The van der Waals surface area contributed by atoms with Gasteiger partial charge in [0.1, 0.15) is 6.54 Å². The molecule has 0 amide bonds. The van der Waals surface area contributed by atoms with Crippen molar-refractivity contribution >= 4 is 16.9 Å². The minimum atomic E-state index is -1.02. The molecule has 0 spiro atoms. The first kappa shape index (κ1) is 18.7. The smallest absolute Gasteiger partial charge is 0.330 e. The number of carboxylic acids is 1. The minimum absolute atomic E-state index is 0.0241. The van der Waals surface area contributed by atoms with E-state index in [-0.39, 0.29) is 12.0 Å². The summed E-state index contributed by atoms with van der Waals surface area (Å²) in [5.74, 6) is -1.02. The zero-order valence-corrected chi connectivity index (χ0v) is 16.1. The number of hydrogen-bond acceptors (Lipinski definition) is 3. The number of aryl methyl sites for hydroxylation is 1. The van der Waals surface area contributed by atoms with Gasteiger partial charge < -0.3 is 9.67 Å². The van der Waals surface area contributed by atoms with Crippen LogP contribution in [-0.2, 0) is 30.8 Å². The van der Waals surface area contributed by atoms with E-state index in [1.165, 1.54) is 16.2 Å². The van der Waals surface area contributed by atoms with E-state index in [1.807, 2.05) is 24.3 Å². The van der Waals surface area contributed by atoms with Crippen molar-refractivity contribution < 1.29 is 9.90 Å². The van der Waals surface area contributed by atoms with Crippen LogP contribution in [0, 0.1) is 0 Å². The van der Waals surface area contributed by atoms with Gasteiger partial charge in [0.25, 0.3) is 5.56 Å². The molecule has 0 fully saturated rings. The van der Waals surface area contributed by atoms with Crippen molar-refractivity contribution in [2.75, 3.05) is 0 Å². The Morgan fingerprint density at radius 2 is 1.63 bits per heavy atom. The summed E-state index contributed by atoms with van der Waals surface area (Å²) in [5, 5.41) is 9.63. The Kier molecular flexibility index (Phi) is 4.34. The van der Waals surface area contributed by atoms with Crippen LogP contribution in [0.1, 0.15) is 26.3 Å². The van der Waals surface area contributed by atoms with E-state index in [2.05, 4.69) is 20.8 Å². The summed E-state index contributed by atoms with van der Waals surface area (Å²) >= 11 is 0. The molecule has 0 atom stereocenters. The SMILES string of the molecule is Cn1c(=O)c2c(-c3ccc(C(C)(C)C)cc3)n(CC(=O)O)cc2n(C)c1=O. The molecule has 1 N–H and O–H groups in total. The standard InChI is InChI=1S/C20H23N3O4/c1-20(2,3)13-8-6-12(7-9-13)17-16-14(10-23(17)11-15(24)25)21(4)19(27)22(5)18(16)26/h6-10H,11H2,1-5H3,(H,24,25). The number of benzene rings is 1. The highest BCUT2D eigenvalue weighted by Gasteiger charge is 2.21. The molecule has 0 aliphatic heterocycles. The molecular formula is C20H23N3O4. The predicted molar refractivity (Wildman–Crippen MR) is 104 cm³/mol. The van der Waals surface area contributed by atoms with Crippen molar-refractivity contribution in [3.05, 3.63) is 56.9 Å². The first-order valence-corrected chi connectivity index (χ1v) is 8.64. The number of aliphatic carboxylic acids is 1. The van der Waals surface area contributed by atoms with Gasteiger partial charge in [-0.05, 0) is 16.5 Å². The summed E-state index contributed by atoms with van der Waals surface area (Å²) in [7, 11) is 2.99. The van der Waals surface area contributed by atoms with Crippen molar-refractivity contribution in [1.82, 2.24) is 13.7 Å². The predicted octanol–water partition coefficient (Wildman–Crippen LogP) is 2.09. The molecule has 0 radical (unpaired) electrons. The van der Waals surface area contributed by atoms with Gasteiger partial charge in [0, 0.05) is 20.3 Å². The van der Waals surface area contributed by atoms with Crippen LogP contribution < -0.4 is 11.2 Å². The molecule has 2 heterocycles. The minimum Gasteiger partial charge on any atom is -0.480 e. The third-order valence-corrected chi connectivity index (χ3v) is 4.84. The van der Waals surface area contributed by atoms with Gasteiger partial charge in [0.15, 0.2) is 0 Å². The van der Waals surface area contributed by atoms with Crippen LogP contribution in [0.2, 0.25) is 0 Å². The van der Waals surface area contributed by atoms with Crippen molar-refractivity contribution in [2.45, 2.75) is 32.7 Å². The van der Waals surface area contributed by atoms with Gasteiger partial charge in [-0.3, -0.25) is 18.7 Å². The highest BCUT2D eigenvalue weighted by atomic mass is 16.4. The van der Waals surface area contributed by atoms with Crippen LogP contribution in [-0.4, -0.2) is 24.8 Å². The Bertz CT molecular complexity index is 1160. The average Bonchev–Trinajstić information content (AvgIpc) is 2.96. The lowest BCUT2D eigenvalue weighted by Gasteiger charge is -2.19. The zero-order valence-electron chi connectivity index (χ0n) is 16.1. The molecule has 0 aliphatic carbocycles. The van der Waals surface area contributed by atoms with Gasteiger partial charge in [-0.15, -0.1) is 0 Å². The summed E-state index contributed by atoms with van der Waals surface area (Å²) in [5.41, 5.74) is 1.87. The summed E-state index contributed by atoms with van der Waals surface area (Å²) < 4.78 is 3.92. The number of carboxylic acid groups (broad SMARTS) is 1. The first-order valence-electron chi connectivity index (χ1n) is 8.64. The van der Waals surface area contributed by atoms with E-state index >= 15 is 0 Å². The number of rotatable bonds is 3. The Hall–Kier alpha value is -3.09. The molecule has 3 rings (SSSR count). The van der Waals surface area contributed by atoms with Gasteiger partial charge in [-0.1, -0.05) is 45.0 Å². The molecule has 0 bridgehead atoms. The van der Waals surface area contributed by atoms with Gasteiger partial charge in [-0.25, -0.2) is 4.79 Å². The fourth-order valence-electron chi connectivity index (χ4n) is 3.30. The van der Waals surface area contributed by atoms with Crippen molar-refractivity contribution in [3.63, 3.8) is 0 Å². The van der Waals surface area contributed by atoms with Crippen LogP contribution in [0.5, 0.6) is 0 Å². The first-order chi connectivity index (χ1) is 12.5. The number of carbonyl (C=O) groups is 1. The lowest BCUT2D eigenvalue weighted by Crippen LogP contribution is -2.36. The zero-order chi connectivity index (χ0) is 20.1. The van der Waals surface area contributed by atoms with E-state index < -0.39 is 17.2 Å². The normalized spacial score (nSPS) is 11.9. The maximum atomic E-state index is 12.8. The summed E-state index contributed by atoms with van der Waals surface area (Å²) in [6.07, 6.45) is 1.55. The maximum Gasteiger partial charge on any atom is 0.330 e. The van der Waals surface area contributed by atoms with Crippen molar-refractivity contribution in [1.29, 1.82) is 0 Å². The molecule has 0 unspecified atom stereocenters. The third-order valence-electron chi connectivity index (χ3n) is 4.84. The van der Waals surface area contributed by atoms with E-state index in [9.17, 15) is 19.5 Å². The van der Waals surface area contributed by atoms with Gasteiger partial charge >= 0.3 is 11.7 Å². The monoisotopic (exact) mass is 369 g/mol. The van der Waals surface area contributed by atoms with E-state index in [4.69, 9.17) is 0 Å². The second-order valence-corrected chi connectivity index (χ2v) is 7.79. The molecule has 142 valence electrons. The fraction of sp³-hybridized carbons (Fsp3) is 0.350. The Morgan fingerprint density at radius 3 is 2.15 bits per heavy atom. The molecule has 7 heteroatoms. The molecule has 2 aromatic heterocycles. The van der Waals surface area contributed by atoms with Crippen molar-refractivity contribution in [2.24, 2.45) is 14.1 Å². The fourth-order valence-corrected chi connectivity index (χ4v) is 3.30. The van der Waals surface area contributed by atoms with E-state index in [0.29, 0.717) is 16.6 Å². The van der Waals surface area contributed by atoms with E-state index in [0.717, 1.165) is 15.7 Å². The second kappa shape index (κ2) is 6.26. The number of hydrogen-bond donors (Lipinski definition) is 1. The molecule has 0 saturated heterocycles. The topological polar surface area (TPSA) is 86.2 Å². The van der Waals surface area contributed by atoms with Crippen LogP contribution in [0.25, 0.3) is 22.2 Å². The number of nitrogens with zero attached hydrogens (tertiary/aromatic N) is 3. The maximum absolute atomic E-state index is 12.8. The van der Waals surface area contributed by atoms with Crippen LogP contribution >= 0.6 is 0 Å². The van der Waals surface area contributed by atoms with Crippen molar-refractivity contribution in [3.8, 4) is 11.3 Å². The Labute approximate surface area is 156 Å². The highest BCUT2D eigenvalue weighted by molar-refractivity contribution is 5.94. The van der Waals surface area contributed by atoms with E-state index in [1.54, 1.807) is 13.2 Å².